The number of ether oxygens (including phenoxy) is 1. The van der Waals surface area contributed by atoms with Gasteiger partial charge in [-0.1, -0.05) is 12.1 Å². The smallest absolute Gasteiger partial charge is 0.238 e. The van der Waals surface area contributed by atoms with Gasteiger partial charge in [-0.15, -0.1) is 0 Å². The number of para-hydroxylation sites is 2. The van der Waals surface area contributed by atoms with Gasteiger partial charge in [0.25, 0.3) is 0 Å². The Labute approximate surface area is 131 Å². The van der Waals surface area contributed by atoms with Crippen LogP contribution >= 0.6 is 0 Å². The van der Waals surface area contributed by atoms with E-state index in [1.807, 2.05) is 24.3 Å². The molecule has 0 spiro atoms. The first-order chi connectivity index (χ1) is 11.3. The van der Waals surface area contributed by atoms with E-state index in [-0.39, 0.29) is 11.7 Å². The highest BCUT2D eigenvalue weighted by Crippen LogP contribution is 2.26. The molecule has 0 aliphatic rings. The summed E-state index contributed by atoms with van der Waals surface area (Å²) in [6, 6.07) is 11.2. The van der Waals surface area contributed by atoms with E-state index < -0.39 is 0 Å². The monoisotopic (exact) mass is 303 g/mol. The molecule has 0 unspecified atom stereocenters. The standard InChI is InChI=1S/C16H11N6O/c17-15-14(16-20-11-5-1-2-6-12(11)21-16)22-13(9-19-15)23-10-4-3-7-18-8-10/h1-9,17H,(H,20,21). The predicted octanol–water partition coefficient (Wildman–Crippen LogP) is 3.12. The van der Waals surface area contributed by atoms with Gasteiger partial charge in [-0.25, -0.2) is 15.0 Å². The fraction of sp³-hybridized carbons (Fsp3) is 0. The second kappa shape index (κ2) is 5.38. The van der Waals surface area contributed by atoms with Crippen molar-refractivity contribution in [2.75, 3.05) is 0 Å². The van der Waals surface area contributed by atoms with Gasteiger partial charge in [0, 0.05) is 6.20 Å². The van der Waals surface area contributed by atoms with Crippen molar-refractivity contribution in [1.29, 1.82) is 0 Å². The molecule has 3 aromatic heterocycles. The van der Waals surface area contributed by atoms with Crippen molar-refractivity contribution in [3.05, 3.63) is 55.0 Å². The molecule has 111 valence electrons. The summed E-state index contributed by atoms with van der Waals surface area (Å²) in [5.74, 6) is 1.35. The van der Waals surface area contributed by atoms with E-state index in [0.717, 1.165) is 11.0 Å². The third kappa shape index (κ3) is 2.55. The summed E-state index contributed by atoms with van der Waals surface area (Å²) in [6.45, 7) is 0. The average molecular weight is 303 g/mol. The minimum absolute atomic E-state index is 0.0302. The first kappa shape index (κ1) is 13.2. The second-order valence-corrected chi connectivity index (χ2v) is 4.80. The van der Waals surface area contributed by atoms with E-state index in [1.165, 1.54) is 6.20 Å². The zero-order chi connectivity index (χ0) is 15.6. The Hall–Kier alpha value is -3.48. The molecule has 0 bridgehead atoms. The Bertz CT molecular complexity index is 934. The molecule has 4 rings (SSSR count). The molecule has 0 fully saturated rings. The lowest BCUT2D eigenvalue weighted by molar-refractivity contribution is 0.458. The Balaban J connectivity index is 1.74. The third-order valence-corrected chi connectivity index (χ3v) is 3.22. The first-order valence-corrected chi connectivity index (χ1v) is 6.91. The van der Waals surface area contributed by atoms with Crippen LogP contribution in [0.5, 0.6) is 11.6 Å². The highest BCUT2D eigenvalue weighted by Gasteiger charge is 2.13. The van der Waals surface area contributed by atoms with E-state index in [9.17, 15) is 0 Å². The molecule has 3 heterocycles. The third-order valence-electron chi connectivity index (χ3n) is 3.22. The van der Waals surface area contributed by atoms with E-state index in [0.29, 0.717) is 17.3 Å². The number of imidazole rings is 1. The molecule has 0 saturated carbocycles. The van der Waals surface area contributed by atoms with E-state index in [2.05, 4.69) is 24.9 Å². The van der Waals surface area contributed by atoms with Crippen molar-refractivity contribution >= 4 is 16.9 Å². The summed E-state index contributed by atoms with van der Waals surface area (Å²) >= 11 is 0. The maximum Gasteiger partial charge on any atom is 0.238 e. The number of nitrogens with zero attached hydrogens (tertiary/aromatic N) is 4. The van der Waals surface area contributed by atoms with E-state index >= 15 is 0 Å². The lowest BCUT2D eigenvalue weighted by Gasteiger charge is -2.05. The van der Waals surface area contributed by atoms with Crippen LogP contribution in [-0.2, 0) is 0 Å². The molecule has 4 aromatic rings. The topological polar surface area (TPSA) is 100 Å². The molecule has 0 aliphatic heterocycles. The summed E-state index contributed by atoms with van der Waals surface area (Å²) in [5.41, 5.74) is 9.98. The van der Waals surface area contributed by atoms with Crippen LogP contribution in [0.15, 0.2) is 55.0 Å². The minimum Gasteiger partial charge on any atom is -0.436 e. The number of hydrogen-bond acceptors (Lipinski definition) is 5. The molecule has 2 N–H and O–H groups in total. The molecular weight excluding hydrogens is 292 g/mol. The van der Waals surface area contributed by atoms with Gasteiger partial charge in [0.1, 0.15) is 5.75 Å². The highest BCUT2D eigenvalue weighted by atomic mass is 16.5. The highest BCUT2D eigenvalue weighted by molar-refractivity contribution is 5.80. The zero-order valence-corrected chi connectivity index (χ0v) is 11.9. The van der Waals surface area contributed by atoms with Crippen LogP contribution in [0, 0.1) is 0 Å². The fourth-order valence-electron chi connectivity index (χ4n) is 2.18. The van der Waals surface area contributed by atoms with Gasteiger partial charge in [0.15, 0.2) is 17.3 Å². The summed E-state index contributed by atoms with van der Waals surface area (Å²) in [7, 11) is 0. The van der Waals surface area contributed by atoms with Crippen LogP contribution in [-0.4, -0.2) is 24.9 Å². The van der Waals surface area contributed by atoms with Crippen molar-refractivity contribution in [1.82, 2.24) is 30.7 Å². The van der Waals surface area contributed by atoms with Crippen molar-refractivity contribution in [3.63, 3.8) is 0 Å². The molecule has 23 heavy (non-hydrogen) atoms. The van der Waals surface area contributed by atoms with Gasteiger partial charge in [-0.05, 0) is 24.3 Å². The summed E-state index contributed by atoms with van der Waals surface area (Å²) in [4.78, 5) is 19.9. The van der Waals surface area contributed by atoms with Crippen molar-refractivity contribution in [3.8, 4) is 23.1 Å². The van der Waals surface area contributed by atoms with Crippen LogP contribution in [0.4, 0.5) is 5.82 Å². The molecule has 0 amide bonds. The van der Waals surface area contributed by atoms with E-state index in [4.69, 9.17) is 10.5 Å². The predicted molar refractivity (Wildman–Crippen MR) is 84.2 cm³/mol. The zero-order valence-electron chi connectivity index (χ0n) is 11.9. The van der Waals surface area contributed by atoms with Gasteiger partial charge >= 0.3 is 0 Å². The number of rotatable bonds is 3. The summed E-state index contributed by atoms with van der Waals surface area (Å²) in [6.07, 6.45) is 4.64. The number of H-pyrrole nitrogens is 1. The number of aromatic amines is 1. The molecule has 7 nitrogen and oxygen atoms in total. The number of aromatic nitrogens is 5. The molecule has 1 aromatic carbocycles. The molecule has 0 atom stereocenters. The maximum absolute atomic E-state index is 7.96. The maximum atomic E-state index is 7.96. The quantitative estimate of drug-likeness (QED) is 0.626. The van der Waals surface area contributed by atoms with Crippen LogP contribution in [0.1, 0.15) is 0 Å². The van der Waals surface area contributed by atoms with Crippen LogP contribution in [0.3, 0.4) is 0 Å². The number of pyridine rings is 1. The van der Waals surface area contributed by atoms with Crippen LogP contribution in [0.2, 0.25) is 0 Å². The average Bonchev–Trinajstić information content (AvgIpc) is 3.01. The summed E-state index contributed by atoms with van der Waals surface area (Å²) < 4.78 is 5.61. The SMILES string of the molecule is [NH]c1ncc(Oc2cccnc2)nc1-c1nc2ccccc2[nH]1. The molecule has 0 aliphatic carbocycles. The van der Waals surface area contributed by atoms with Crippen LogP contribution in [0.25, 0.3) is 22.6 Å². The largest absolute Gasteiger partial charge is 0.436 e. The Morgan fingerprint density at radius 3 is 2.74 bits per heavy atom. The van der Waals surface area contributed by atoms with Crippen molar-refractivity contribution < 1.29 is 4.74 Å². The van der Waals surface area contributed by atoms with Gasteiger partial charge in [0.2, 0.25) is 5.88 Å². The lowest BCUT2D eigenvalue weighted by Crippen LogP contribution is -1.95. The van der Waals surface area contributed by atoms with Gasteiger partial charge in [-0.2, -0.15) is 0 Å². The second-order valence-electron chi connectivity index (χ2n) is 4.80. The van der Waals surface area contributed by atoms with E-state index in [1.54, 1.807) is 24.5 Å². The molecular formula is C16H11N6O. The van der Waals surface area contributed by atoms with Crippen LogP contribution < -0.4 is 10.5 Å². The van der Waals surface area contributed by atoms with Gasteiger partial charge in [0.05, 0.1) is 23.4 Å². The number of hydrogen-bond donors (Lipinski definition) is 1. The Morgan fingerprint density at radius 2 is 1.91 bits per heavy atom. The first-order valence-electron chi connectivity index (χ1n) is 6.91. The molecule has 0 saturated heterocycles. The van der Waals surface area contributed by atoms with Crippen molar-refractivity contribution in [2.24, 2.45) is 0 Å². The van der Waals surface area contributed by atoms with Gasteiger partial charge in [-0.3, -0.25) is 10.7 Å². The van der Waals surface area contributed by atoms with Crippen molar-refractivity contribution in [2.45, 2.75) is 0 Å². The summed E-state index contributed by atoms with van der Waals surface area (Å²) in [5, 5.41) is 0. The number of benzene rings is 1. The Morgan fingerprint density at radius 1 is 1.00 bits per heavy atom. The fourth-order valence-corrected chi connectivity index (χ4v) is 2.18. The minimum atomic E-state index is 0.0302. The Kier molecular flexibility index (Phi) is 3.09. The van der Waals surface area contributed by atoms with Gasteiger partial charge < -0.3 is 9.72 Å². The normalized spacial score (nSPS) is 10.8. The number of fused-ring (bicyclic) bond motifs is 1. The lowest BCUT2D eigenvalue weighted by atomic mass is 10.3. The number of nitrogens with one attached hydrogen (secondary N) is 2. The molecule has 1 radical (unpaired) electrons. The molecule has 7 heteroatoms.